The molecule has 0 fully saturated rings. The smallest absolute Gasteiger partial charge is 0.226 e. The van der Waals surface area contributed by atoms with Gasteiger partial charge in [-0.3, -0.25) is 0 Å². The molecule has 0 saturated carbocycles. The van der Waals surface area contributed by atoms with Crippen LogP contribution in [0, 0.1) is 6.92 Å². The Bertz CT molecular complexity index is 1540. The first-order valence-electron chi connectivity index (χ1n) is 12.7. The van der Waals surface area contributed by atoms with Crippen molar-refractivity contribution in [1.82, 2.24) is 14.8 Å². The fourth-order valence-corrected chi connectivity index (χ4v) is 4.48. The van der Waals surface area contributed by atoms with Gasteiger partial charge in [-0.25, -0.2) is 4.68 Å². The molecule has 2 heterocycles. The molecule has 38 heavy (non-hydrogen) atoms. The zero-order chi connectivity index (χ0) is 25.7. The zero-order valence-corrected chi connectivity index (χ0v) is 21.1. The lowest BCUT2D eigenvalue weighted by Crippen LogP contribution is -2.20. The van der Waals surface area contributed by atoms with Crippen LogP contribution in [0.3, 0.4) is 0 Å². The standard InChI is InChI=1S/C32H28N4O2/c1-23-12-14-26(15-13-23)28-19-29(36-32(35-28)33-22-34-36)27-16-17-30(37-20-24-8-4-2-5-9-24)31(18-27)38-21-25-10-6-3-7-11-25/h2-19,22,29H,20-21H2,1H3,(H,33,34,35)/t29-/m0/s1. The Hall–Kier alpha value is -4.84. The molecule has 6 heteroatoms. The maximum absolute atomic E-state index is 6.33. The molecule has 1 aliphatic rings. The molecular formula is C32H28N4O2. The van der Waals surface area contributed by atoms with E-state index in [4.69, 9.17) is 9.47 Å². The van der Waals surface area contributed by atoms with E-state index in [9.17, 15) is 0 Å². The van der Waals surface area contributed by atoms with E-state index in [0.717, 1.165) is 28.0 Å². The molecule has 0 spiro atoms. The van der Waals surface area contributed by atoms with Gasteiger partial charge in [0.25, 0.3) is 0 Å². The second-order valence-electron chi connectivity index (χ2n) is 9.30. The first-order chi connectivity index (χ1) is 18.7. The molecule has 4 aromatic carbocycles. The van der Waals surface area contributed by atoms with Gasteiger partial charge in [0.2, 0.25) is 5.95 Å². The monoisotopic (exact) mass is 500 g/mol. The van der Waals surface area contributed by atoms with Gasteiger partial charge in [0, 0.05) is 5.70 Å². The summed E-state index contributed by atoms with van der Waals surface area (Å²) in [5, 5.41) is 7.92. The molecular weight excluding hydrogens is 472 g/mol. The van der Waals surface area contributed by atoms with Crippen molar-refractivity contribution < 1.29 is 9.47 Å². The highest BCUT2D eigenvalue weighted by atomic mass is 16.5. The van der Waals surface area contributed by atoms with Crippen molar-refractivity contribution >= 4 is 11.6 Å². The largest absolute Gasteiger partial charge is 0.485 e. The van der Waals surface area contributed by atoms with Gasteiger partial charge >= 0.3 is 0 Å². The van der Waals surface area contributed by atoms with E-state index in [1.54, 1.807) is 6.33 Å². The highest BCUT2D eigenvalue weighted by Gasteiger charge is 2.24. The van der Waals surface area contributed by atoms with Gasteiger partial charge in [-0.15, -0.1) is 0 Å². The number of fused-ring (bicyclic) bond motifs is 1. The molecule has 188 valence electrons. The van der Waals surface area contributed by atoms with Gasteiger partial charge in [0.05, 0.1) is 0 Å². The number of rotatable bonds is 8. The number of benzene rings is 4. The van der Waals surface area contributed by atoms with Gasteiger partial charge in [-0.2, -0.15) is 10.1 Å². The van der Waals surface area contributed by atoms with Crippen molar-refractivity contribution in [2.24, 2.45) is 0 Å². The maximum atomic E-state index is 6.33. The van der Waals surface area contributed by atoms with Crippen LogP contribution in [0.2, 0.25) is 0 Å². The number of aromatic nitrogens is 3. The number of nitrogens with zero attached hydrogens (tertiary/aromatic N) is 3. The van der Waals surface area contributed by atoms with Crippen LogP contribution < -0.4 is 14.8 Å². The summed E-state index contributed by atoms with van der Waals surface area (Å²) in [7, 11) is 0. The van der Waals surface area contributed by atoms with Crippen molar-refractivity contribution in [2.75, 3.05) is 5.32 Å². The van der Waals surface area contributed by atoms with Crippen molar-refractivity contribution in [3.63, 3.8) is 0 Å². The normalized spacial score (nSPS) is 14.2. The van der Waals surface area contributed by atoms with Gasteiger partial charge in [0.1, 0.15) is 25.6 Å². The molecule has 0 bridgehead atoms. The molecule has 0 amide bonds. The number of ether oxygens (including phenoxy) is 2. The van der Waals surface area contributed by atoms with Crippen LogP contribution in [-0.2, 0) is 13.2 Å². The van der Waals surface area contributed by atoms with Gasteiger partial charge < -0.3 is 14.8 Å². The minimum Gasteiger partial charge on any atom is -0.485 e. The Morgan fingerprint density at radius 1 is 0.763 bits per heavy atom. The van der Waals surface area contributed by atoms with Crippen molar-refractivity contribution in [2.45, 2.75) is 26.2 Å². The molecule has 0 saturated heterocycles. The molecule has 0 radical (unpaired) electrons. The predicted molar refractivity (Wildman–Crippen MR) is 149 cm³/mol. The lowest BCUT2D eigenvalue weighted by Gasteiger charge is -2.25. The van der Waals surface area contributed by atoms with Crippen LogP contribution in [0.4, 0.5) is 5.95 Å². The zero-order valence-electron chi connectivity index (χ0n) is 21.1. The number of nitrogens with one attached hydrogen (secondary N) is 1. The van der Waals surface area contributed by atoms with E-state index in [0.29, 0.717) is 30.7 Å². The number of allylic oxidation sites excluding steroid dienone is 1. The summed E-state index contributed by atoms with van der Waals surface area (Å²) in [6.07, 6.45) is 3.75. The van der Waals surface area contributed by atoms with Crippen LogP contribution >= 0.6 is 0 Å². The highest BCUT2D eigenvalue weighted by molar-refractivity contribution is 5.77. The average Bonchev–Trinajstić information content (AvgIpc) is 3.45. The van der Waals surface area contributed by atoms with Crippen LogP contribution in [0.15, 0.2) is 116 Å². The minimum absolute atomic E-state index is 0.160. The second kappa shape index (κ2) is 10.6. The van der Waals surface area contributed by atoms with Crippen LogP contribution in [0.25, 0.3) is 5.70 Å². The highest BCUT2D eigenvalue weighted by Crippen LogP contribution is 2.37. The van der Waals surface area contributed by atoms with E-state index in [1.165, 1.54) is 5.56 Å². The van der Waals surface area contributed by atoms with E-state index in [2.05, 4.69) is 83.0 Å². The molecule has 1 aliphatic heterocycles. The molecule has 1 aromatic heterocycles. The quantitative estimate of drug-likeness (QED) is 0.254. The Kier molecular flexibility index (Phi) is 6.60. The van der Waals surface area contributed by atoms with Gasteiger partial charge in [-0.1, -0.05) is 96.6 Å². The summed E-state index contributed by atoms with van der Waals surface area (Å²) in [5.41, 5.74) is 6.52. The number of hydrogen-bond acceptors (Lipinski definition) is 5. The summed E-state index contributed by atoms with van der Waals surface area (Å²) in [4.78, 5) is 4.45. The first-order valence-corrected chi connectivity index (χ1v) is 12.7. The van der Waals surface area contributed by atoms with Crippen LogP contribution in [-0.4, -0.2) is 14.8 Å². The summed E-state index contributed by atoms with van der Waals surface area (Å²) in [5.74, 6) is 2.08. The molecule has 0 unspecified atom stereocenters. The maximum Gasteiger partial charge on any atom is 0.226 e. The first kappa shape index (κ1) is 23.6. The Labute approximate surface area is 222 Å². The van der Waals surface area contributed by atoms with E-state index >= 15 is 0 Å². The summed E-state index contributed by atoms with van der Waals surface area (Å²) in [6, 6.07) is 34.7. The fraction of sp³-hybridized carbons (Fsp3) is 0.125. The molecule has 6 rings (SSSR count). The third kappa shape index (κ3) is 5.15. The number of anilines is 1. The van der Waals surface area contributed by atoms with Crippen molar-refractivity contribution in [1.29, 1.82) is 0 Å². The van der Waals surface area contributed by atoms with Crippen LogP contribution in [0.5, 0.6) is 11.5 Å². The molecule has 6 nitrogen and oxygen atoms in total. The molecule has 5 aromatic rings. The lowest BCUT2D eigenvalue weighted by atomic mass is 10.0. The van der Waals surface area contributed by atoms with E-state index in [1.807, 2.05) is 53.2 Å². The summed E-state index contributed by atoms with van der Waals surface area (Å²) in [6.45, 7) is 2.99. The number of hydrogen-bond donors (Lipinski definition) is 1. The molecule has 1 atom stereocenters. The second-order valence-corrected chi connectivity index (χ2v) is 9.30. The van der Waals surface area contributed by atoms with Gasteiger partial charge in [0.15, 0.2) is 11.5 Å². The third-order valence-corrected chi connectivity index (χ3v) is 6.55. The molecule has 0 aliphatic carbocycles. The predicted octanol–water partition coefficient (Wildman–Crippen LogP) is 6.80. The Morgan fingerprint density at radius 2 is 1.42 bits per heavy atom. The van der Waals surface area contributed by atoms with Crippen LogP contribution in [0.1, 0.15) is 33.9 Å². The Morgan fingerprint density at radius 3 is 2.11 bits per heavy atom. The fourth-order valence-electron chi connectivity index (χ4n) is 4.48. The average molecular weight is 501 g/mol. The van der Waals surface area contributed by atoms with E-state index in [-0.39, 0.29) is 6.04 Å². The SMILES string of the molecule is Cc1ccc(C2=C[C@@H](c3ccc(OCc4ccccc4)c(OCc4ccccc4)c3)n3ncnc3N2)cc1. The molecule has 1 N–H and O–H groups in total. The third-order valence-electron chi connectivity index (χ3n) is 6.55. The topological polar surface area (TPSA) is 61.2 Å². The van der Waals surface area contributed by atoms with Gasteiger partial charge in [-0.05, 0) is 47.4 Å². The summed E-state index contributed by atoms with van der Waals surface area (Å²) < 4.78 is 14.4. The van der Waals surface area contributed by atoms with Crippen molar-refractivity contribution in [3.8, 4) is 11.5 Å². The van der Waals surface area contributed by atoms with E-state index < -0.39 is 0 Å². The van der Waals surface area contributed by atoms with Crippen molar-refractivity contribution in [3.05, 3.63) is 143 Å². The minimum atomic E-state index is -0.160. The Balaban J connectivity index is 1.34. The number of aryl methyl sites for hydroxylation is 1. The summed E-state index contributed by atoms with van der Waals surface area (Å²) >= 11 is 0. The lowest BCUT2D eigenvalue weighted by molar-refractivity contribution is 0.255.